The Labute approximate surface area is 34.1 Å². The smallest absolute Gasteiger partial charge is 0.283 e. The van der Waals surface area contributed by atoms with Crippen LogP contribution in [0.4, 0.5) is 0 Å². The molecule has 0 radical (unpaired) electrons. The van der Waals surface area contributed by atoms with Crippen LogP contribution in [0, 0.1) is 0 Å². The lowest BCUT2D eigenvalue weighted by Gasteiger charge is -1.50. The van der Waals surface area contributed by atoms with E-state index in [0.29, 0.717) is 0 Å². The van der Waals surface area contributed by atoms with E-state index in [9.17, 15) is 0 Å². The Bertz CT molecular complexity index is 108. The molecule has 6 heavy (non-hydrogen) atoms. The lowest BCUT2D eigenvalue weighted by atomic mass is 11.1. The third-order valence-corrected chi connectivity index (χ3v) is 0.402. The number of hydrogen-bond donors (Lipinski definition) is 1. The van der Waals surface area contributed by atoms with Gasteiger partial charge in [-0.3, -0.25) is 5.41 Å². The van der Waals surface area contributed by atoms with Gasteiger partial charge in [0, 0.05) is 0 Å². The molecule has 4 heteroatoms. The molecule has 0 saturated heterocycles. The van der Waals surface area contributed by atoms with Crippen molar-refractivity contribution in [1.82, 2.24) is 0 Å². The fourth-order valence-electron chi connectivity index (χ4n) is 0.196. The minimum atomic E-state index is 0.231. The van der Waals surface area contributed by atoms with Crippen LogP contribution in [0.2, 0.25) is 0 Å². The normalized spacial score (nSPS) is 17.0. The molecule has 0 aromatic heterocycles. The van der Waals surface area contributed by atoms with Gasteiger partial charge in [-0.15, -0.1) is 0 Å². The molecule has 0 atom stereocenters. The number of nitrogens with two attached hydrogens (primary N) is 1. The zero-order chi connectivity index (χ0) is 4.41. The molecule has 0 bridgehead atoms. The highest BCUT2D eigenvalue weighted by molar-refractivity contribution is 5.87. The van der Waals surface area contributed by atoms with E-state index in [-0.39, 0.29) is 5.96 Å². The van der Waals surface area contributed by atoms with Crippen molar-refractivity contribution in [1.29, 1.82) is 0 Å². The van der Waals surface area contributed by atoms with Gasteiger partial charge in [0.2, 0.25) is 6.34 Å². The van der Waals surface area contributed by atoms with Gasteiger partial charge >= 0.3 is 5.96 Å². The molecule has 1 rings (SSSR count). The average molecular weight is 83.1 g/mol. The summed E-state index contributed by atoms with van der Waals surface area (Å²) >= 11 is 0. The number of hydrogen-bond acceptors (Lipinski definition) is 1. The molecule has 4 nitrogen and oxygen atoms in total. The summed E-state index contributed by atoms with van der Waals surface area (Å²) < 4.78 is 0. The van der Waals surface area contributed by atoms with Gasteiger partial charge in [0.15, 0.2) is 0 Å². The minimum Gasteiger partial charge on any atom is -0.283 e. The van der Waals surface area contributed by atoms with E-state index in [1.54, 1.807) is 0 Å². The van der Waals surface area contributed by atoms with Gasteiger partial charge in [-0.05, 0) is 5.11 Å². The summed E-state index contributed by atoms with van der Waals surface area (Å²) in [5.41, 5.74) is 0. The Morgan fingerprint density at radius 3 is 2.67 bits per heavy atom. The van der Waals surface area contributed by atoms with Gasteiger partial charge in [0.05, 0.1) is 5.11 Å². The van der Waals surface area contributed by atoms with Crippen LogP contribution in [0.1, 0.15) is 0 Å². The summed E-state index contributed by atoms with van der Waals surface area (Å²) in [6, 6.07) is 0. The highest BCUT2D eigenvalue weighted by atomic mass is 15.3. The van der Waals surface area contributed by atoms with Crippen molar-refractivity contribution in [3.63, 3.8) is 0 Å². The summed E-state index contributed by atoms with van der Waals surface area (Å²) in [7, 11) is 0. The highest BCUT2D eigenvalue weighted by Crippen LogP contribution is 1.81. The monoisotopic (exact) mass is 83.0 g/mol. The molecule has 1 heterocycles. The molecule has 2 N–H and O–H groups in total. The second kappa shape index (κ2) is 0.965. The number of rotatable bonds is 0. The third-order valence-electron chi connectivity index (χ3n) is 0.402. The van der Waals surface area contributed by atoms with Crippen LogP contribution in [0.25, 0.3) is 0 Å². The summed E-state index contributed by atoms with van der Waals surface area (Å²) in [6.07, 6.45) is 1.30. The first-order valence-corrected chi connectivity index (χ1v) is 1.45. The number of azo groups is 1. The van der Waals surface area contributed by atoms with Gasteiger partial charge in [-0.25, -0.2) is 0 Å². The topological polar surface area (TPSA) is 62.7 Å². The quantitative estimate of drug-likeness (QED) is 0.374. The molecule has 30 valence electrons. The maximum Gasteiger partial charge on any atom is 0.447 e. The van der Waals surface area contributed by atoms with Gasteiger partial charge in [-0.1, -0.05) is 4.99 Å². The first-order valence-electron chi connectivity index (χ1n) is 1.45. The number of guanidine groups is 1. The maximum absolute atomic E-state index is 4.99. The van der Waals surface area contributed by atoms with E-state index in [1.165, 1.54) is 6.34 Å². The summed E-state index contributed by atoms with van der Waals surface area (Å²) in [5.74, 6) is 0.231. The Hall–Kier alpha value is -1.06. The second-order valence-corrected chi connectivity index (χ2v) is 0.818. The molecule has 0 spiro atoms. The zero-order valence-electron chi connectivity index (χ0n) is 3.00. The van der Waals surface area contributed by atoms with Gasteiger partial charge in [-0.2, -0.15) is 0 Å². The molecule has 0 saturated carbocycles. The first kappa shape index (κ1) is 3.14. The average Bonchev–Trinajstić information content (AvgIpc) is 1.86. The van der Waals surface area contributed by atoms with Crippen LogP contribution in [0.3, 0.4) is 0 Å². The van der Waals surface area contributed by atoms with Crippen LogP contribution in [-0.4, -0.2) is 12.3 Å². The first-order chi connectivity index (χ1) is 2.89. The minimum absolute atomic E-state index is 0.231. The molecule has 0 fully saturated rings. The largest absolute Gasteiger partial charge is 0.447 e. The molecule has 0 unspecified atom stereocenters. The predicted octanol–water partition coefficient (Wildman–Crippen LogP) is -1.40. The van der Waals surface area contributed by atoms with Crippen molar-refractivity contribution < 1.29 is 5.41 Å². The van der Waals surface area contributed by atoms with E-state index in [2.05, 4.69) is 15.2 Å². The highest BCUT2D eigenvalue weighted by Gasteiger charge is 2.02. The lowest BCUT2D eigenvalue weighted by Crippen LogP contribution is -2.35. The summed E-state index contributed by atoms with van der Waals surface area (Å²) in [4.78, 5) is 3.47. The Kier molecular flexibility index (Phi) is 0.506. The van der Waals surface area contributed by atoms with Crippen LogP contribution in [0.5, 0.6) is 0 Å². The molecule has 1 aliphatic rings. The zero-order valence-corrected chi connectivity index (χ0v) is 3.00. The van der Waals surface area contributed by atoms with Crippen LogP contribution < -0.4 is 5.41 Å². The SMILES string of the molecule is [NH2+]=C1N=CN=N1. The van der Waals surface area contributed by atoms with Crippen molar-refractivity contribution in [2.45, 2.75) is 0 Å². The van der Waals surface area contributed by atoms with Crippen molar-refractivity contribution in [3.8, 4) is 0 Å². The van der Waals surface area contributed by atoms with Crippen LogP contribution in [0.15, 0.2) is 15.2 Å². The summed E-state index contributed by atoms with van der Waals surface area (Å²) in [5, 5.41) is 11.7. The van der Waals surface area contributed by atoms with Crippen LogP contribution >= 0.6 is 0 Å². The predicted molar refractivity (Wildman–Crippen MR) is 20.3 cm³/mol. The summed E-state index contributed by atoms with van der Waals surface area (Å²) in [6.45, 7) is 0. The third kappa shape index (κ3) is 0.314. The molecular weight excluding hydrogens is 80.1 g/mol. The van der Waals surface area contributed by atoms with Crippen molar-refractivity contribution in [3.05, 3.63) is 0 Å². The maximum atomic E-state index is 4.99. The van der Waals surface area contributed by atoms with Crippen molar-refractivity contribution in [2.24, 2.45) is 15.2 Å². The Balaban J connectivity index is 2.86. The van der Waals surface area contributed by atoms with E-state index in [4.69, 9.17) is 5.41 Å². The standard InChI is InChI=1S/C2H2N4/c3-2-4-1-5-6-2/h1,3H/p+1. The van der Waals surface area contributed by atoms with E-state index in [0.717, 1.165) is 0 Å². The van der Waals surface area contributed by atoms with Crippen LogP contribution in [-0.2, 0) is 0 Å². The molecule has 0 aromatic rings. The second-order valence-electron chi connectivity index (χ2n) is 0.818. The molecule has 1 aliphatic heterocycles. The van der Waals surface area contributed by atoms with Gasteiger partial charge in [0.1, 0.15) is 0 Å². The van der Waals surface area contributed by atoms with E-state index >= 15 is 0 Å². The molecule has 0 amide bonds. The molecule has 0 aliphatic carbocycles. The van der Waals surface area contributed by atoms with E-state index in [1.807, 2.05) is 0 Å². The number of nitrogens with zero attached hydrogens (tertiary/aromatic N) is 3. The number of aliphatic imine (C=N–C) groups is 1. The fourth-order valence-corrected chi connectivity index (χ4v) is 0.196. The van der Waals surface area contributed by atoms with Gasteiger partial charge < -0.3 is 0 Å². The Morgan fingerprint density at radius 1 is 1.67 bits per heavy atom. The van der Waals surface area contributed by atoms with Crippen molar-refractivity contribution >= 4 is 12.3 Å². The lowest BCUT2D eigenvalue weighted by molar-refractivity contribution is -0.116. The van der Waals surface area contributed by atoms with Crippen molar-refractivity contribution in [2.75, 3.05) is 0 Å². The molecular formula is C2H3N4+. The Morgan fingerprint density at radius 2 is 2.50 bits per heavy atom. The van der Waals surface area contributed by atoms with Gasteiger partial charge in [0.25, 0.3) is 0 Å². The fraction of sp³-hybridized carbons (Fsp3) is 0. The molecule has 0 aromatic carbocycles. The van der Waals surface area contributed by atoms with E-state index < -0.39 is 0 Å².